The zero-order valence-corrected chi connectivity index (χ0v) is 26.9. The van der Waals surface area contributed by atoms with Crippen molar-refractivity contribution < 1.29 is 0 Å². The van der Waals surface area contributed by atoms with E-state index in [2.05, 4.69) is 83.4 Å². The van der Waals surface area contributed by atoms with Crippen LogP contribution in [0.25, 0.3) is 81.8 Å². The molecule has 0 saturated carbocycles. The van der Waals surface area contributed by atoms with Crippen molar-refractivity contribution in [3.05, 3.63) is 115 Å². The molecule has 9 aromatic rings. The smallest absolute Gasteiger partial charge is 0.164 e. The summed E-state index contributed by atoms with van der Waals surface area (Å²) >= 11 is 1.75. The lowest BCUT2D eigenvalue weighted by Crippen LogP contribution is -2.55. The molecule has 0 N–H and O–H groups in total. The predicted molar refractivity (Wildman–Crippen MR) is 210 cm³/mol. The number of fused-ring (bicyclic) bond motifs is 6. The van der Waals surface area contributed by atoms with Gasteiger partial charge in [-0.15, -0.1) is 27.7 Å². The first kappa shape index (κ1) is 29.8. The summed E-state index contributed by atoms with van der Waals surface area (Å²) in [5, 5.41) is 4.69. The monoisotopic (exact) mass is 630 g/mol. The Labute approximate surface area is 293 Å². The number of aromatic nitrogens is 4. The van der Waals surface area contributed by atoms with Gasteiger partial charge in [-0.2, -0.15) is 0 Å². The second-order valence-corrected chi connectivity index (χ2v) is 13.1. The van der Waals surface area contributed by atoms with E-state index in [1.807, 2.05) is 36.4 Å². The number of para-hydroxylation sites is 2. The summed E-state index contributed by atoms with van der Waals surface area (Å²) < 4.78 is 4.68. The molecule has 0 aliphatic heterocycles. The van der Waals surface area contributed by atoms with Crippen molar-refractivity contribution in [2.24, 2.45) is 0 Å². The van der Waals surface area contributed by atoms with Gasteiger partial charge in [0, 0.05) is 53.3 Å². The van der Waals surface area contributed by atoms with E-state index in [0.717, 1.165) is 43.3 Å². The van der Waals surface area contributed by atoms with Crippen LogP contribution in [-0.4, -0.2) is 58.8 Å². The molecule has 0 aliphatic rings. The van der Waals surface area contributed by atoms with E-state index in [1.54, 1.807) is 11.3 Å². The summed E-state index contributed by atoms with van der Waals surface area (Å²) in [7, 11) is 31.5. The van der Waals surface area contributed by atoms with Gasteiger partial charge in [0.1, 0.15) is 39.2 Å². The van der Waals surface area contributed by atoms with Crippen molar-refractivity contribution in [3.8, 4) is 39.9 Å². The van der Waals surface area contributed by atoms with Crippen molar-refractivity contribution in [3.63, 3.8) is 0 Å². The van der Waals surface area contributed by atoms with Crippen LogP contribution < -0.4 is 27.3 Å². The number of thiophene rings is 1. The summed E-state index contributed by atoms with van der Waals surface area (Å²) in [6.45, 7) is 0. The first-order valence-corrected chi connectivity index (χ1v) is 16.5. The minimum Gasteiger partial charge on any atom is -0.309 e. The summed E-state index contributed by atoms with van der Waals surface area (Å²) in [6.07, 6.45) is 0. The number of rotatable bonds is 4. The van der Waals surface area contributed by atoms with E-state index in [-0.39, 0.29) is 33.1 Å². The molecule has 0 fully saturated rings. The molecule has 0 saturated heterocycles. The third-order valence-electron chi connectivity index (χ3n) is 9.14. The lowest BCUT2D eigenvalue weighted by molar-refractivity contribution is 1.08. The molecule has 3 heterocycles. The molecule has 0 spiro atoms. The van der Waals surface area contributed by atoms with Crippen molar-refractivity contribution in [1.82, 2.24) is 19.5 Å². The van der Waals surface area contributed by atoms with Gasteiger partial charge in [0.25, 0.3) is 0 Å². The SMILES string of the molecule is [B]c1c([B])c([B])c(-c2nc(-c3ccccc3)nc(-c3ccc4sc5ccc(-n6c7ccccc7c7ccccc76)cc5c4c3)n2)c([B])c1[B]. The van der Waals surface area contributed by atoms with Gasteiger partial charge in [0.05, 0.1) is 11.0 Å². The Bertz CT molecular complexity index is 2710. The van der Waals surface area contributed by atoms with Gasteiger partial charge < -0.3 is 4.57 Å². The summed E-state index contributed by atoms with van der Waals surface area (Å²) in [5.74, 6) is 1.16. The first-order chi connectivity index (χ1) is 23.9. The Morgan fingerprint density at radius 3 is 1.59 bits per heavy atom. The zero-order chi connectivity index (χ0) is 33.4. The van der Waals surface area contributed by atoms with E-state index in [4.69, 9.17) is 54.2 Å². The van der Waals surface area contributed by atoms with Crippen LogP contribution in [0, 0.1) is 0 Å². The van der Waals surface area contributed by atoms with E-state index in [1.165, 1.54) is 15.5 Å². The second-order valence-electron chi connectivity index (χ2n) is 12.0. The van der Waals surface area contributed by atoms with E-state index in [9.17, 15) is 0 Å². The van der Waals surface area contributed by atoms with Crippen LogP contribution in [0.15, 0.2) is 115 Å². The Balaban J connectivity index is 1.26. The van der Waals surface area contributed by atoms with Gasteiger partial charge in [0.2, 0.25) is 0 Å². The van der Waals surface area contributed by atoms with Gasteiger partial charge in [-0.05, 0) is 48.5 Å². The maximum atomic E-state index is 6.47. The van der Waals surface area contributed by atoms with Crippen LogP contribution in [0.2, 0.25) is 0 Å². The number of nitrogens with zero attached hydrogens (tertiary/aromatic N) is 4. The Kier molecular flexibility index (Phi) is 6.92. The van der Waals surface area contributed by atoms with E-state index in [0.29, 0.717) is 17.2 Å². The highest BCUT2D eigenvalue weighted by atomic mass is 32.1. The fourth-order valence-electron chi connectivity index (χ4n) is 6.67. The average Bonchev–Trinajstić information content (AvgIpc) is 3.68. The highest BCUT2D eigenvalue weighted by Gasteiger charge is 2.19. The molecule has 9 rings (SSSR count). The van der Waals surface area contributed by atoms with Crippen LogP contribution in [-0.2, 0) is 0 Å². The number of benzene rings is 6. The Morgan fingerprint density at radius 2 is 0.939 bits per heavy atom. The van der Waals surface area contributed by atoms with Crippen LogP contribution in [0.3, 0.4) is 0 Å². The van der Waals surface area contributed by atoms with Crippen molar-refractivity contribution >= 4 is 120 Å². The topological polar surface area (TPSA) is 43.6 Å². The summed E-state index contributed by atoms with van der Waals surface area (Å²) in [6, 6.07) is 39.7. The fraction of sp³-hybridized carbons (Fsp3) is 0. The Hall–Kier alpha value is -5.33. The Morgan fingerprint density at radius 1 is 0.429 bits per heavy atom. The summed E-state index contributed by atoms with van der Waals surface area (Å²) in [5.41, 5.74) is 6.08. The highest BCUT2D eigenvalue weighted by molar-refractivity contribution is 7.25. The van der Waals surface area contributed by atoms with Crippen molar-refractivity contribution in [2.45, 2.75) is 0 Å². The first-order valence-electron chi connectivity index (χ1n) is 15.7. The normalized spacial score (nSPS) is 11.7. The minimum atomic E-state index is 0.131. The minimum absolute atomic E-state index is 0.131. The maximum absolute atomic E-state index is 6.47. The molecule has 0 amide bonds. The molecule has 6 aromatic carbocycles. The van der Waals surface area contributed by atoms with E-state index < -0.39 is 0 Å². The molecule has 10 heteroatoms. The van der Waals surface area contributed by atoms with Gasteiger partial charge in [-0.25, -0.2) is 15.0 Å². The van der Waals surface area contributed by atoms with Gasteiger partial charge in [-0.3, -0.25) is 0 Å². The molecular weight excluding hydrogens is 611 g/mol. The van der Waals surface area contributed by atoms with Crippen LogP contribution in [0.5, 0.6) is 0 Å². The fourth-order valence-corrected chi connectivity index (χ4v) is 7.73. The lowest BCUT2D eigenvalue weighted by Gasteiger charge is -2.20. The molecule has 0 aliphatic carbocycles. The van der Waals surface area contributed by atoms with Crippen molar-refractivity contribution in [2.75, 3.05) is 0 Å². The molecule has 49 heavy (non-hydrogen) atoms. The van der Waals surface area contributed by atoms with Gasteiger partial charge >= 0.3 is 0 Å². The third kappa shape index (κ3) is 4.69. The van der Waals surface area contributed by atoms with Crippen LogP contribution >= 0.6 is 11.3 Å². The third-order valence-corrected chi connectivity index (χ3v) is 10.3. The largest absolute Gasteiger partial charge is 0.309 e. The standard InChI is InChI=1S/C39H19B5N4S/c40-32-31(33(41)35(43)36(44)34(32)42)39-46-37(20-8-2-1-3-9-20)45-38(47-39)21-14-16-29-25(18-21)26-19-22(15-17-30(26)49-29)48-27-12-6-4-10-23(27)24-11-5-7-13-28(24)48/h1-19H. The maximum Gasteiger partial charge on any atom is 0.164 e. The van der Waals surface area contributed by atoms with E-state index >= 15 is 0 Å². The summed E-state index contributed by atoms with van der Waals surface area (Å²) in [4.78, 5) is 14.6. The molecule has 216 valence electrons. The molecule has 0 atom stereocenters. The van der Waals surface area contributed by atoms with Crippen molar-refractivity contribution in [1.29, 1.82) is 0 Å². The van der Waals surface area contributed by atoms with Gasteiger partial charge in [-0.1, -0.05) is 77.7 Å². The quantitative estimate of drug-likeness (QED) is 0.273. The second kappa shape index (κ2) is 11.4. The molecular formula is C39H19B5N4S. The average molecular weight is 630 g/mol. The van der Waals surface area contributed by atoms with Gasteiger partial charge in [0.15, 0.2) is 17.5 Å². The predicted octanol–water partition coefficient (Wildman–Crippen LogP) is 4.31. The molecule has 10 radical (unpaired) electrons. The molecule has 3 aromatic heterocycles. The lowest BCUT2D eigenvalue weighted by atomic mass is 9.60. The molecule has 0 bridgehead atoms. The molecule has 0 unspecified atom stereocenters. The van der Waals surface area contributed by atoms with Crippen LogP contribution in [0.1, 0.15) is 0 Å². The number of hydrogen-bond acceptors (Lipinski definition) is 4. The zero-order valence-electron chi connectivity index (χ0n) is 26.1. The number of hydrogen-bond donors (Lipinski definition) is 0. The molecule has 4 nitrogen and oxygen atoms in total. The van der Waals surface area contributed by atoms with Crippen LogP contribution in [0.4, 0.5) is 0 Å². The highest BCUT2D eigenvalue weighted by Crippen LogP contribution is 2.39.